The second-order valence-corrected chi connectivity index (χ2v) is 9.53. The van der Waals surface area contributed by atoms with Crippen molar-refractivity contribution in [2.45, 2.75) is 43.7 Å². The first-order valence-electron chi connectivity index (χ1n) is 7.07. The largest absolute Gasteiger partial charge is 0.243 e. The molecule has 1 saturated heterocycles. The molecule has 0 spiro atoms. The summed E-state index contributed by atoms with van der Waals surface area (Å²) in [5.41, 5.74) is 0. The Bertz CT molecular complexity index is 683. The molecular weight excluding hydrogens is 310 g/mol. The Morgan fingerprint density at radius 3 is 2.38 bits per heavy atom. The molecule has 0 amide bonds. The molecule has 2 atom stereocenters. The second-order valence-electron chi connectivity index (χ2n) is 5.46. The van der Waals surface area contributed by atoms with Crippen LogP contribution in [-0.2, 0) is 19.9 Å². The van der Waals surface area contributed by atoms with Crippen molar-refractivity contribution in [2.75, 3.05) is 11.5 Å². The van der Waals surface area contributed by atoms with Gasteiger partial charge in [-0.1, -0.05) is 25.1 Å². The van der Waals surface area contributed by atoms with Gasteiger partial charge in [0.05, 0.1) is 16.4 Å². The fraction of sp³-hybridized carbons (Fsp3) is 0.571. The lowest BCUT2D eigenvalue weighted by atomic mass is 10.2. The SMILES string of the molecule is CC[C@H](C)N([C@@H]1CCS(=O)(=O)C1)S(=O)(=O)c1ccccc1. The average molecular weight is 331 g/mol. The van der Waals surface area contributed by atoms with Crippen LogP contribution in [0.1, 0.15) is 26.7 Å². The van der Waals surface area contributed by atoms with Crippen LogP contribution in [0.2, 0.25) is 0 Å². The van der Waals surface area contributed by atoms with E-state index < -0.39 is 25.9 Å². The number of hydrogen-bond donors (Lipinski definition) is 0. The van der Waals surface area contributed by atoms with Crippen LogP contribution in [0.15, 0.2) is 35.2 Å². The van der Waals surface area contributed by atoms with E-state index in [0.29, 0.717) is 12.8 Å². The van der Waals surface area contributed by atoms with Gasteiger partial charge in [0, 0.05) is 12.1 Å². The summed E-state index contributed by atoms with van der Waals surface area (Å²) in [6.07, 6.45) is 1.02. The van der Waals surface area contributed by atoms with E-state index >= 15 is 0 Å². The zero-order chi connectivity index (χ0) is 15.7. The van der Waals surface area contributed by atoms with Crippen LogP contribution >= 0.6 is 0 Å². The maximum Gasteiger partial charge on any atom is 0.243 e. The molecule has 0 radical (unpaired) electrons. The predicted molar refractivity (Wildman–Crippen MR) is 82.3 cm³/mol. The van der Waals surface area contributed by atoms with Gasteiger partial charge in [0.25, 0.3) is 0 Å². The van der Waals surface area contributed by atoms with Crippen LogP contribution in [0, 0.1) is 0 Å². The molecule has 0 aromatic heterocycles. The number of sulfonamides is 1. The van der Waals surface area contributed by atoms with Crippen LogP contribution in [0.25, 0.3) is 0 Å². The van der Waals surface area contributed by atoms with E-state index in [1.807, 2.05) is 13.8 Å². The maximum atomic E-state index is 12.9. The van der Waals surface area contributed by atoms with Gasteiger partial charge in [0.2, 0.25) is 10.0 Å². The first-order valence-corrected chi connectivity index (χ1v) is 10.3. The van der Waals surface area contributed by atoms with Crippen molar-refractivity contribution >= 4 is 19.9 Å². The van der Waals surface area contributed by atoms with E-state index in [-0.39, 0.29) is 22.4 Å². The van der Waals surface area contributed by atoms with Crippen LogP contribution < -0.4 is 0 Å². The van der Waals surface area contributed by atoms with Gasteiger partial charge in [-0.15, -0.1) is 0 Å². The Morgan fingerprint density at radius 2 is 1.90 bits per heavy atom. The van der Waals surface area contributed by atoms with Crippen molar-refractivity contribution in [3.8, 4) is 0 Å². The molecule has 5 nitrogen and oxygen atoms in total. The van der Waals surface area contributed by atoms with E-state index in [1.165, 1.54) is 4.31 Å². The van der Waals surface area contributed by atoms with Gasteiger partial charge in [-0.25, -0.2) is 16.8 Å². The predicted octanol–water partition coefficient (Wildman–Crippen LogP) is 1.66. The lowest BCUT2D eigenvalue weighted by molar-refractivity contribution is 0.271. The third kappa shape index (κ3) is 3.46. The monoisotopic (exact) mass is 331 g/mol. The first-order chi connectivity index (χ1) is 9.78. The van der Waals surface area contributed by atoms with E-state index in [1.54, 1.807) is 30.3 Å². The van der Waals surface area contributed by atoms with Gasteiger partial charge in [-0.2, -0.15) is 4.31 Å². The van der Waals surface area contributed by atoms with Gasteiger partial charge < -0.3 is 0 Å². The summed E-state index contributed by atoms with van der Waals surface area (Å²) >= 11 is 0. The van der Waals surface area contributed by atoms with Crippen molar-refractivity contribution in [3.05, 3.63) is 30.3 Å². The summed E-state index contributed by atoms with van der Waals surface area (Å²) in [6.45, 7) is 3.73. The number of nitrogens with zero attached hydrogens (tertiary/aromatic N) is 1. The fourth-order valence-corrected chi connectivity index (χ4v) is 6.41. The highest BCUT2D eigenvalue weighted by Crippen LogP contribution is 2.28. The number of hydrogen-bond acceptors (Lipinski definition) is 4. The van der Waals surface area contributed by atoms with E-state index in [0.717, 1.165) is 0 Å². The van der Waals surface area contributed by atoms with Crippen molar-refractivity contribution in [3.63, 3.8) is 0 Å². The minimum atomic E-state index is -3.68. The summed E-state index contributed by atoms with van der Waals surface area (Å²) in [4.78, 5) is 0.217. The van der Waals surface area contributed by atoms with Crippen molar-refractivity contribution in [2.24, 2.45) is 0 Å². The number of rotatable bonds is 5. The zero-order valence-corrected chi connectivity index (χ0v) is 13.9. The second kappa shape index (κ2) is 6.06. The summed E-state index contributed by atoms with van der Waals surface area (Å²) in [7, 11) is -6.81. The lowest BCUT2D eigenvalue weighted by Gasteiger charge is -2.32. The highest BCUT2D eigenvalue weighted by Gasteiger charge is 2.40. The molecule has 0 bridgehead atoms. The normalized spacial score (nSPS) is 23.3. The standard InChI is InChI=1S/C14H21NO4S2/c1-3-12(2)15(13-9-10-20(16,17)11-13)21(18,19)14-7-5-4-6-8-14/h4-8,12-13H,3,9-11H2,1-2H3/t12-,13+/m0/s1. The summed E-state index contributed by atoms with van der Waals surface area (Å²) in [5, 5.41) is 0. The molecule has 0 saturated carbocycles. The van der Waals surface area contributed by atoms with Crippen molar-refractivity contribution < 1.29 is 16.8 Å². The Kier molecular flexibility index (Phi) is 4.75. The van der Waals surface area contributed by atoms with Crippen LogP contribution in [0.5, 0.6) is 0 Å². The molecule has 1 heterocycles. The molecule has 21 heavy (non-hydrogen) atoms. The summed E-state index contributed by atoms with van der Waals surface area (Å²) in [5.74, 6) is -0.0156. The Hall–Kier alpha value is -0.920. The molecule has 0 unspecified atom stereocenters. The zero-order valence-electron chi connectivity index (χ0n) is 12.3. The van der Waals surface area contributed by atoms with Gasteiger partial charge in [0.1, 0.15) is 0 Å². The fourth-order valence-electron chi connectivity index (χ4n) is 2.66. The average Bonchev–Trinajstić information content (AvgIpc) is 2.79. The first kappa shape index (κ1) is 16.5. The molecule has 0 N–H and O–H groups in total. The molecular formula is C14H21NO4S2. The molecule has 1 aromatic carbocycles. The van der Waals surface area contributed by atoms with Gasteiger partial charge in [-0.05, 0) is 31.9 Å². The van der Waals surface area contributed by atoms with Crippen molar-refractivity contribution in [1.82, 2.24) is 4.31 Å². The Balaban J connectivity index is 2.42. The molecule has 1 fully saturated rings. The van der Waals surface area contributed by atoms with Gasteiger partial charge in [-0.3, -0.25) is 0 Å². The molecule has 1 aliphatic heterocycles. The lowest BCUT2D eigenvalue weighted by Crippen LogP contribution is -2.46. The third-order valence-corrected chi connectivity index (χ3v) is 7.74. The highest BCUT2D eigenvalue weighted by atomic mass is 32.2. The summed E-state index contributed by atoms with van der Waals surface area (Å²) in [6, 6.07) is 7.51. The quantitative estimate of drug-likeness (QED) is 0.823. The van der Waals surface area contributed by atoms with Crippen molar-refractivity contribution in [1.29, 1.82) is 0 Å². The van der Waals surface area contributed by atoms with E-state index in [2.05, 4.69) is 0 Å². The van der Waals surface area contributed by atoms with Crippen LogP contribution in [0.4, 0.5) is 0 Å². The molecule has 1 aliphatic rings. The minimum absolute atomic E-state index is 0.0644. The highest BCUT2D eigenvalue weighted by molar-refractivity contribution is 7.92. The third-order valence-electron chi connectivity index (χ3n) is 3.91. The number of benzene rings is 1. The minimum Gasteiger partial charge on any atom is -0.229 e. The van der Waals surface area contributed by atoms with E-state index in [9.17, 15) is 16.8 Å². The Labute approximate surface area is 126 Å². The molecule has 7 heteroatoms. The molecule has 2 rings (SSSR count). The smallest absolute Gasteiger partial charge is 0.229 e. The molecule has 118 valence electrons. The maximum absolute atomic E-state index is 12.9. The molecule has 0 aliphatic carbocycles. The molecule has 1 aromatic rings. The number of sulfone groups is 1. The van der Waals surface area contributed by atoms with Crippen LogP contribution in [0.3, 0.4) is 0 Å². The van der Waals surface area contributed by atoms with Gasteiger partial charge >= 0.3 is 0 Å². The van der Waals surface area contributed by atoms with Gasteiger partial charge in [0.15, 0.2) is 9.84 Å². The summed E-state index contributed by atoms with van der Waals surface area (Å²) < 4.78 is 50.5. The Morgan fingerprint density at radius 1 is 1.29 bits per heavy atom. The van der Waals surface area contributed by atoms with E-state index in [4.69, 9.17) is 0 Å². The van der Waals surface area contributed by atoms with Crippen LogP contribution in [-0.4, -0.2) is 44.7 Å². The topological polar surface area (TPSA) is 71.5 Å².